The van der Waals surface area contributed by atoms with Gasteiger partial charge in [0.05, 0.1) is 7.11 Å². The van der Waals surface area contributed by atoms with E-state index in [1.165, 1.54) is 7.11 Å². The fourth-order valence-electron chi connectivity index (χ4n) is 2.46. The van der Waals surface area contributed by atoms with Crippen molar-refractivity contribution in [1.29, 1.82) is 0 Å². The molecular formula is C13H21ClN2O4S2. The first kappa shape index (κ1) is 19.4. The molecule has 126 valence electrons. The van der Waals surface area contributed by atoms with Gasteiger partial charge in [-0.2, -0.15) is 0 Å². The van der Waals surface area contributed by atoms with E-state index in [-0.39, 0.29) is 34.3 Å². The number of carbonyl (C=O) groups is 1. The Labute approximate surface area is 141 Å². The van der Waals surface area contributed by atoms with Gasteiger partial charge in [0, 0.05) is 12.1 Å². The first-order chi connectivity index (χ1) is 9.86. The van der Waals surface area contributed by atoms with Gasteiger partial charge >= 0.3 is 5.97 Å². The van der Waals surface area contributed by atoms with Gasteiger partial charge in [0.1, 0.15) is 9.77 Å². The molecule has 1 fully saturated rings. The van der Waals surface area contributed by atoms with Crippen LogP contribution in [0.15, 0.2) is 10.3 Å². The number of esters is 1. The zero-order chi connectivity index (χ0) is 15.6. The number of piperidine rings is 1. The summed E-state index contributed by atoms with van der Waals surface area (Å²) in [6, 6.07) is -0.109. The third kappa shape index (κ3) is 3.99. The van der Waals surface area contributed by atoms with Crippen LogP contribution >= 0.6 is 23.7 Å². The molecule has 2 heterocycles. The Morgan fingerprint density at radius 3 is 2.77 bits per heavy atom. The minimum atomic E-state index is -3.75. The van der Waals surface area contributed by atoms with E-state index in [1.807, 2.05) is 6.92 Å². The Balaban J connectivity index is 0.00000242. The van der Waals surface area contributed by atoms with Crippen molar-refractivity contribution >= 4 is 39.7 Å². The van der Waals surface area contributed by atoms with Crippen molar-refractivity contribution in [1.82, 2.24) is 10.0 Å². The van der Waals surface area contributed by atoms with Crippen molar-refractivity contribution in [3.63, 3.8) is 0 Å². The molecular weight excluding hydrogens is 348 g/mol. The predicted molar refractivity (Wildman–Crippen MR) is 88.5 cm³/mol. The molecule has 0 amide bonds. The second kappa shape index (κ2) is 7.74. The molecule has 0 radical (unpaired) electrons. The molecule has 0 bridgehead atoms. The van der Waals surface area contributed by atoms with E-state index in [1.54, 1.807) is 12.3 Å². The van der Waals surface area contributed by atoms with E-state index >= 15 is 0 Å². The molecule has 1 saturated heterocycles. The highest BCUT2D eigenvalue weighted by Gasteiger charge is 2.31. The number of ether oxygens (including phenoxy) is 1. The van der Waals surface area contributed by atoms with Gasteiger partial charge in [0.25, 0.3) is 0 Å². The Hall–Kier alpha value is -0.670. The molecule has 2 N–H and O–H groups in total. The zero-order valence-electron chi connectivity index (χ0n) is 12.7. The van der Waals surface area contributed by atoms with Crippen LogP contribution < -0.4 is 10.0 Å². The lowest BCUT2D eigenvalue weighted by molar-refractivity contribution is 0.0602. The summed E-state index contributed by atoms with van der Waals surface area (Å²) in [5.74, 6) is -0.622. The summed E-state index contributed by atoms with van der Waals surface area (Å²) in [4.78, 5) is 11.9. The highest BCUT2D eigenvalue weighted by Crippen LogP contribution is 2.28. The highest BCUT2D eigenvalue weighted by molar-refractivity contribution is 7.89. The number of carbonyl (C=O) groups excluding carboxylic acids is 1. The van der Waals surface area contributed by atoms with E-state index in [0.29, 0.717) is 5.56 Å². The van der Waals surface area contributed by atoms with Crippen LogP contribution in [0, 0.1) is 6.92 Å². The quantitative estimate of drug-likeness (QED) is 0.790. The first-order valence-electron chi connectivity index (χ1n) is 6.79. The molecule has 1 aromatic rings. The molecule has 2 atom stereocenters. The number of sulfonamides is 1. The smallest absolute Gasteiger partial charge is 0.349 e. The largest absolute Gasteiger partial charge is 0.465 e. The van der Waals surface area contributed by atoms with E-state index in [0.717, 1.165) is 30.7 Å². The molecule has 22 heavy (non-hydrogen) atoms. The second-order valence-corrected chi connectivity index (χ2v) is 7.71. The SMILES string of the molecule is COC(=O)c1scc(C)c1S(=O)(=O)NC1CCCNC1C.Cl. The maximum absolute atomic E-state index is 12.6. The zero-order valence-corrected chi connectivity index (χ0v) is 15.2. The normalized spacial score (nSPS) is 22.0. The average molecular weight is 369 g/mol. The fourth-order valence-corrected chi connectivity index (χ4v) is 5.52. The van der Waals surface area contributed by atoms with Crippen molar-refractivity contribution < 1.29 is 17.9 Å². The Kier molecular flexibility index (Phi) is 6.82. The van der Waals surface area contributed by atoms with Crippen LogP contribution in [0.3, 0.4) is 0 Å². The molecule has 1 aliphatic heterocycles. The molecule has 6 nitrogen and oxygen atoms in total. The second-order valence-electron chi connectivity index (χ2n) is 5.18. The molecule has 2 rings (SSSR count). The van der Waals surface area contributed by atoms with Crippen LogP contribution in [-0.2, 0) is 14.8 Å². The number of aryl methyl sites for hydroxylation is 1. The highest BCUT2D eigenvalue weighted by atomic mass is 35.5. The third-order valence-corrected chi connectivity index (χ3v) is 6.51. The lowest BCUT2D eigenvalue weighted by Crippen LogP contribution is -2.51. The minimum absolute atomic E-state index is 0. The Morgan fingerprint density at radius 1 is 1.50 bits per heavy atom. The number of nitrogens with one attached hydrogen (secondary N) is 2. The van der Waals surface area contributed by atoms with Gasteiger partial charge in [-0.25, -0.2) is 17.9 Å². The molecule has 9 heteroatoms. The van der Waals surface area contributed by atoms with Crippen molar-refractivity contribution in [3.8, 4) is 0 Å². The van der Waals surface area contributed by atoms with Gasteiger partial charge in [-0.15, -0.1) is 23.7 Å². The molecule has 1 aliphatic rings. The monoisotopic (exact) mass is 368 g/mol. The Bertz CT molecular complexity index is 630. The lowest BCUT2D eigenvalue weighted by Gasteiger charge is -2.30. The summed E-state index contributed by atoms with van der Waals surface area (Å²) in [6.07, 6.45) is 1.70. The maximum atomic E-state index is 12.6. The molecule has 0 saturated carbocycles. The summed E-state index contributed by atoms with van der Waals surface area (Å²) in [5.41, 5.74) is 0.560. The number of rotatable bonds is 4. The lowest BCUT2D eigenvalue weighted by atomic mass is 10.0. The first-order valence-corrected chi connectivity index (χ1v) is 9.15. The van der Waals surface area contributed by atoms with E-state index in [9.17, 15) is 13.2 Å². The van der Waals surface area contributed by atoms with Gasteiger partial charge in [-0.3, -0.25) is 0 Å². The molecule has 0 aromatic carbocycles. The Morgan fingerprint density at radius 2 is 2.18 bits per heavy atom. The molecule has 0 aliphatic carbocycles. The van der Waals surface area contributed by atoms with Crippen molar-refractivity contribution in [3.05, 3.63) is 15.8 Å². The van der Waals surface area contributed by atoms with Crippen LogP contribution in [0.2, 0.25) is 0 Å². The van der Waals surface area contributed by atoms with Gasteiger partial charge in [0.2, 0.25) is 10.0 Å². The van der Waals surface area contributed by atoms with Gasteiger partial charge in [0.15, 0.2) is 0 Å². The summed E-state index contributed by atoms with van der Waals surface area (Å²) >= 11 is 1.09. The van der Waals surface area contributed by atoms with Crippen LogP contribution in [0.1, 0.15) is 35.0 Å². The van der Waals surface area contributed by atoms with Crippen LogP contribution in [0.5, 0.6) is 0 Å². The summed E-state index contributed by atoms with van der Waals surface area (Å²) in [5, 5.41) is 4.90. The van der Waals surface area contributed by atoms with E-state index in [2.05, 4.69) is 14.8 Å². The van der Waals surface area contributed by atoms with Crippen LogP contribution in [-0.4, -0.2) is 40.1 Å². The van der Waals surface area contributed by atoms with E-state index < -0.39 is 16.0 Å². The number of methoxy groups -OCH3 is 1. The van der Waals surface area contributed by atoms with E-state index in [4.69, 9.17) is 0 Å². The third-order valence-electron chi connectivity index (χ3n) is 3.63. The van der Waals surface area contributed by atoms with Crippen molar-refractivity contribution in [2.24, 2.45) is 0 Å². The summed E-state index contributed by atoms with van der Waals surface area (Å²) < 4.78 is 32.6. The van der Waals surface area contributed by atoms with Gasteiger partial charge in [-0.1, -0.05) is 0 Å². The van der Waals surface area contributed by atoms with Gasteiger partial charge < -0.3 is 10.1 Å². The van der Waals surface area contributed by atoms with Crippen LogP contribution in [0.25, 0.3) is 0 Å². The number of thiophene rings is 1. The predicted octanol–water partition coefficient (Wildman–Crippen LogP) is 1.68. The number of hydrogen-bond donors (Lipinski definition) is 2. The van der Waals surface area contributed by atoms with Crippen LogP contribution in [0.4, 0.5) is 0 Å². The average Bonchev–Trinajstić information content (AvgIpc) is 2.83. The maximum Gasteiger partial charge on any atom is 0.349 e. The topological polar surface area (TPSA) is 84.5 Å². The molecule has 0 spiro atoms. The number of halogens is 1. The van der Waals surface area contributed by atoms with Gasteiger partial charge in [-0.05, 0) is 44.2 Å². The summed E-state index contributed by atoms with van der Waals surface area (Å²) in [6.45, 7) is 4.53. The van der Waals surface area contributed by atoms with Crippen molar-refractivity contribution in [2.45, 2.75) is 43.7 Å². The summed E-state index contributed by atoms with van der Waals surface area (Å²) in [7, 11) is -2.50. The molecule has 2 unspecified atom stereocenters. The fraction of sp³-hybridized carbons (Fsp3) is 0.615. The molecule has 1 aromatic heterocycles. The standard InChI is InChI=1S/C13H20N2O4S2.ClH/c1-8-7-20-11(13(16)19-3)12(8)21(17,18)15-10-5-4-6-14-9(10)2;/h7,9-10,14-15H,4-6H2,1-3H3;1H. The number of hydrogen-bond acceptors (Lipinski definition) is 6. The van der Waals surface area contributed by atoms with Crippen molar-refractivity contribution in [2.75, 3.05) is 13.7 Å². The minimum Gasteiger partial charge on any atom is -0.465 e.